The Bertz CT molecular complexity index is 688. The van der Waals surface area contributed by atoms with Gasteiger partial charge in [-0.3, -0.25) is 9.69 Å². The molecule has 0 spiro atoms. The van der Waals surface area contributed by atoms with Crippen LogP contribution in [0.5, 0.6) is 0 Å². The maximum Gasteiger partial charge on any atom is 0.269 e. The van der Waals surface area contributed by atoms with Crippen LogP contribution in [0, 0.1) is 17.3 Å². The van der Waals surface area contributed by atoms with Gasteiger partial charge in [0, 0.05) is 38.1 Å². The summed E-state index contributed by atoms with van der Waals surface area (Å²) in [5.74, 6) is 1.18. The number of anilines is 1. The molecule has 1 amide bonds. The van der Waals surface area contributed by atoms with Crippen molar-refractivity contribution in [1.82, 2.24) is 15.2 Å². The van der Waals surface area contributed by atoms with Gasteiger partial charge in [-0.1, -0.05) is 20.8 Å². The zero-order valence-electron chi connectivity index (χ0n) is 18.2. The number of aromatic nitrogens is 1. The van der Waals surface area contributed by atoms with Crippen LogP contribution in [-0.2, 0) is 4.74 Å². The Morgan fingerprint density at radius 3 is 2.48 bits per heavy atom. The highest BCUT2D eigenvalue weighted by atomic mass is 16.5. The standard InChI is InChI=1S/C23H36N4O2/c1-23(2,3)18-6-9-27(14-18)19-7-10-26(11-8-19)20-4-5-21(24-13-20)22(28)25-12-17-15-29-16-17/h4-5,13,17-19H,6-12,14-16H2,1-3H3,(H,25,28). The van der Waals surface area contributed by atoms with E-state index in [-0.39, 0.29) is 5.91 Å². The second kappa shape index (κ2) is 8.60. The Hall–Kier alpha value is -1.66. The molecule has 1 aromatic rings. The Morgan fingerprint density at radius 1 is 1.17 bits per heavy atom. The van der Waals surface area contributed by atoms with E-state index >= 15 is 0 Å². The highest BCUT2D eigenvalue weighted by Crippen LogP contribution is 2.36. The van der Waals surface area contributed by atoms with E-state index in [1.54, 1.807) is 0 Å². The molecule has 0 saturated carbocycles. The first-order valence-corrected chi connectivity index (χ1v) is 11.2. The molecule has 29 heavy (non-hydrogen) atoms. The van der Waals surface area contributed by atoms with E-state index in [0.717, 1.165) is 37.9 Å². The van der Waals surface area contributed by atoms with Crippen LogP contribution in [0.25, 0.3) is 0 Å². The van der Waals surface area contributed by atoms with E-state index in [2.05, 4.69) is 40.9 Å². The van der Waals surface area contributed by atoms with Gasteiger partial charge < -0.3 is 15.0 Å². The summed E-state index contributed by atoms with van der Waals surface area (Å²) in [4.78, 5) is 21.8. The molecule has 4 rings (SSSR count). The molecule has 0 bridgehead atoms. The van der Waals surface area contributed by atoms with Gasteiger partial charge in [0.1, 0.15) is 5.69 Å². The fourth-order valence-corrected chi connectivity index (χ4v) is 4.75. The average Bonchev–Trinajstić information content (AvgIpc) is 3.18. The second-order valence-corrected chi connectivity index (χ2v) is 10.1. The summed E-state index contributed by atoms with van der Waals surface area (Å²) in [7, 11) is 0. The first kappa shape index (κ1) is 20.6. The third kappa shape index (κ3) is 4.92. The minimum Gasteiger partial charge on any atom is -0.381 e. The van der Waals surface area contributed by atoms with E-state index in [0.29, 0.717) is 29.6 Å². The predicted molar refractivity (Wildman–Crippen MR) is 115 cm³/mol. The zero-order valence-corrected chi connectivity index (χ0v) is 18.2. The molecule has 4 heterocycles. The quantitative estimate of drug-likeness (QED) is 0.824. The number of nitrogens with zero attached hydrogens (tertiary/aromatic N) is 3. The number of rotatable bonds is 5. The van der Waals surface area contributed by atoms with Crippen molar-refractivity contribution in [2.45, 2.75) is 46.1 Å². The number of likely N-dealkylation sites (tertiary alicyclic amines) is 1. The maximum atomic E-state index is 12.2. The van der Waals surface area contributed by atoms with Crippen LogP contribution in [0.15, 0.2) is 18.3 Å². The average molecular weight is 401 g/mol. The molecular formula is C23H36N4O2. The number of amides is 1. The predicted octanol–water partition coefficient (Wildman–Crippen LogP) is 2.79. The summed E-state index contributed by atoms with van der Waals surface area (Å²) in [6.07, 6.45) is 5.61. The van der Waals surface area contributed by atoms with Gasteiger partial charge in [-0.25, -0.2) is 4.98 Å². The first-order chi connectivity index (χ1) is 13.9. The first-order valence-electron chi connectivity index (χ1n) is 11.2. The van der Waals surface area contributed by atoms with Crippen molar-refractivity contribution < 1.29 is 9.53 Å². The third-order valence-electron chi connectivity index (χ3n) is 7.03. The van der Waals surface area contributed by atoms with Gasteiger partial charge in [0.25, 0.3) is 5.91 Å². The van der Waals surface area contributed by atoms with Crippen molar-refractivity contribution >= 4 is 11.6 Å². The molecular weight excluding hydrogens is 364 g/mol. The normalized spacial score (nSPS) is 24.5. The SMILES string of the molecule is CC(C)(C)C1CCN(C2CCN(c3ccc(C(=O)NCC4COC4)nc3)CC2)C1. The molecule has 0 aliphatic carbocycles. The molecule has 3 saturated heterocycles. The second-order valence-electron chi connectivity index (χ2n) is 10.1. The number of pyridine rings is 1. The molecule has 3 aliphatic rings. The van der Waals surface area contributed by atoms with E-state index in [9.17, 15) is 4.79 Å². The maximum absolute atomic E-state index is 12.2. The highest BCUT2D eigenvalue weighted by molar-refractivity contribution is 5.92. The molecule has 1 N–H and O–H groups in total. The van der Waals surface area contributed by atoms with E-state index in [1.165, 1.54) is 32.4 Å². The highest BCUT2D eigenvalue weighted by Gasteiger charge is 2.35. The molecule has 0 radical (unpaired) electrons. The molecule has 1 atom stereocenters. The number of carbonyl (C=O) groups excluding carboxylic acids is 1. The van der Waals surface area contributed by atoms with Gasteiger partial charge in [0.05, 0.1) is 25.1 Å². The monoisotopic (exact) mass is 400 g/mol. The smallest absolute Gasteiger partial charge is 0.269 e. The third-order valence-corrected chi connectivity index (χ3v) is 7.03. The van der Waals surface area contributed by atoms with Crippen molar-refractivity contribution in [2.24, 2.45) is 17.3 Å². The van der Waals surface area contributed by atoms with Crippen LogP contribution >= 0.6 is 0 Å². The molecule has 0 aromatic carbocycles. The van der Waals surface area contributed by atoms with Gasteiger partial charge in [-0.05, 0) is 49.3 Å². The fraction of sp³-hybridized carbons (Fsp3) is 0.739. The lowest BCUT2D eigenvalue weighted by Gasteiger charge is -2.38. The van der Waals surface area contributed by atoms with Gasteiger partial charge in [-0.15, -0.1) is 0 Å². The summed E-state index contributed by atoms with van der Waals surface area (Å²) in [5, 5.41) is 2.95. The van der Waals surface area contributed by atoms with Crippen LogP contribution in [0.4, 0.5) is 5.69 Å². The number of ether oxygens (including phenoxy) is 1. The van der Waals surface area contributed by atoms with Crippen molar-refractivity contribution in [3.8, 4) is 0 Å². The largest absolute Gasteiger partial charge is 0.381 e. The Morgan fingerprint density at radius 2 is 1.93 bits per heavy atom. The number of carbonyl (C=O) groups is 1. The Balaban J connectivity index is 1.25. The molecule has 3 fully saturated rings. The number of hydrogen-bond acceptors (Lipinski definition) is 5. The topological polar surface area (TPSA) is 57.7 Å². The summed E-state index contributed by atoms with van der Waals surface area (Å²) in [6, 6.07) is 4.61. The van der Waals surface area contributed by atoms with Gasteiger partial charge in [0.2, 0.25) is 0 Å². The van der Waals surface area contributed by atoms with Crippen molar-refractivity contribution in [3.63, 3.8) is 0 Å². The minimum atomic E-state index is -0.0930. The van der Waals surface area contributed by atoms with Crippen molar-refractivity contribution in [3.05, 3.63) is 24.0 Å². The van der Waals surface area contributed by atoms with E-state index in [4.69, 9.17) is 4.74 Å². The summed E-state index contributed by atoms with van der Waals surface area (Å²) < 4.78 is 5.14. The molecule has 1 unspecified atom stereocenters. The molecule has 3 aliphatic heterocycles. The Kier molecular flexibility index (Phi) is 6.11. The summed E-state index contributed by atoms with van der Waals surface area (Å²) >= 11 is 0. The van der Waals surface area contributed by atoms with Crippen LogP contribution in [0.1, 0.15) is 50.5 Å². The van der Waals surface area contributed by atoms with Crippen molar-refractivity contribution in [2.75, 3.05) is 50.8 Å². The van der Waals surface area contributed by atoms with Crippen LogP contribution in [0.2, 0.25) is 0 Å². The lowest BCUT2D eigenvalue weighted by Crippen LogP contribution is -2.44. The zero-order chi connectivity index (χ0) is 20.4. The van der Waals surface area contributed by atoms with Gasteiger partial charge in [-0.2, -0.15) is 0 Å². The molecule has 6 heteroatoms. The number of hydrogen-bond donors (Lipinski definition) is 1. The van der Waals surface area contributed by atoms with Gasteiger partial charge in [0.15, 0.2) is 0 Å². The van der Waals surface area contributed by atoms with Crippen molar-refractivity contribution in [1.29, 1.82) is 0 Å². The summed E-state index contributed by atoms with van der Waals surface area (Å²) in [5.41, 5.74) is 2.04. The van der Waals surface area contributed by atoms with E-state index < -0.39 is 0 Å². The number of nitrogens with one attached hydrogen (secondary N) is 1. The lowest BCUT2D eigenvalue weighted by atomic mass is 9.80. The molecule has 160 valence electrons. The van der Waals surface area contributed by atoms with Crippen LogP contribution < -0.4 is 10.2 Å². The number of piperidine rings is 1. The summed E-state index contributed by atoms with van der Waals surface area (Å²) in [6.45, 7) is 13.9. The van der Waals surface area contributed by atoms with Crippen LogP contribution in [0.3, 0.4) is 0 Å². The fourth-order valence-electron chi connectivity index (χ4n) is 4.75. The lowest BCUT2D eigenvalue weighted by molar-refractivity contribution is -0.0299. The van der Waals surface area contributed by atoms with Crippen LogP contribution in [-0.4, -0.2) is 67.8 Å². The molecule has 6 nitrogen and oxygen atoms in total. The Labute approximate surface area is 175 Å². The van der Waals surface area contributed by atoms with E-state index in [1.807, 2.05) is 18.3 Å². The minimum absolute atomic E-state index is 0.0930. The van der Waals surface area contributed by atoms with Gasteiger partial charge >= 0.3 is 0 Å². The molecule has 1 aromatic heterocycles.